The largest absolute Gasteiger partial charge is 0.310 e. The minimum absolute atomic E-state index is 0.0886. The van der Waals surface area contributed by atoms with Gasteiger partial charge in [-0.25, -0.2) is 4.39 Å². The van der Waals surface area contributed by atoms with Gasteiger partial charge in [0.05, 0.1) is 0 Å². The van der Waals surface area contributed by atoms with E-state index in [1.165, 1.54) is 6.07 Å². The van der Waals surface area contributed by atoms with Crippen molar-refractivity contribution in [2.75, 3.05) is 6.54 Å². The first-order valence-electron chi connectivity index (χ1n) is 6.53. The molecule has 2 rings (SSSR count). The van der Waals surface area contributed by atoms with Crippen LogP contribution in [-0.4, -0.2) is 6.54 Å². The van der Waals surface area contributed by atoms with E-state index < -0.39 is 0 Å². The Hall–Kier alpha value is -0.710. The first kappa shape index (κ1) is 15.7. The summed E-state index contributed by atoms with van der Waals surface area (Å²) >= 11 is 7.00. The molecule has 0 radical (unpaired) electrons. The van der Waals surface area contributed by atoms with Crippen LogP contribution in [0.4, 0.5) is 4.39 Å². The second-order valence-electron chi connectivity index (χ2n) is 4.61. The molecule has 0 amide bonds. The molecule has 1 N–H and O–H groups in total. The molecule has 2 aromatic carbocycles. The Morgan fingerprint density at radius 2 is 1.75 bits per heavy atom. The molecule has 1 unspecified atom stereocenters. The second kappa shape index (κ2) is 7.34. The van der Waals surface area contributed by atoms with Gasteiger partial charge in [0.1, 0.15) is 5.82 Å². The van der Waals surface area contributed by atoms with Crippen LogP contribution in [0.5, 0.6) is 0 Å². The minimum Gasteiger partial charge on any atom is -0.310 e. The first-order valence-corrected chi connectivity index (χ1v) is 8.11. The summed E-state index contributed by atoms with van der Waals surface area (Å²) in [5, 5.41) is 3.42. The molecule has 1 atom stereocenters. The predicted molar refractivity (Wildman–Crippen MR) is 88.4 cm³/mol. The standard InChI is InChI=1S/C16H16Br2FN/c1-2-20-16(9-11-5-3-4-6-15(11)19)12-7-13(17)10-14(18)8-12/h3-8,10,16,20H,2,9H2,1H3. The Morgan fingerprint density at radius 3 is 2.35 bits per heavy atom. The highest BCUT2D eigenvalue weighted by Crippen LogP contribution is 2.27. The molecular formula is C16H16Br2FN. The molecule has 20 heavy (non-hydrogen) atoms. The van der Waals surface area contributed by atoms with Crippen molar-refractivity contribution in [3.8, 4) is 0 Å². The summed E-state index contributed by atoms with van der Waals surface area (Å²) in [6.07, 6.45) is 0.628. The number of halogens is 3. The van der Waals surface area contributed by atoms with Gasteiger partial charge in [-0.1, -0.05) is 57.0 Å². The third-order valence-corrected chi connectivity index (χ3v) is 4.04. The van der Waals surface area contributed by atoms with Gasteiger partial charge >= 0.3 is 0 Å². The van der Waals surface area contributed by atoms with Gasteiger partial charge in [-0.3, -0.25) is 0 Å². The fourth-order valence-corrected chi connectivity index (χ4v) is 3.54. The van der Waals surface area contributed by atoms with E-state index in [1.807, 2.05) is 18.2 Å². The molecule has 4 heteroatoms. The molecule has 0 saturated carbocycles. The fraction of sp³-hybridized carbons (Fsp3) is 0.250. The van der Waals surface area contributed by atoms with Crippen LogP contribution in [0, 0.1) is 5.82 Å². The van der Waals surface area contributed by atoms with E-state index in [0.29, 0.717) is 6.42 Å². The second-order valence-corrected chi connectivity index (χ2v) is 6.44. The Kier molecular flexibility index (Phi) is 5.75. The average molecular weight is 401 g/mol. The number of nitrogens with one attached hydrogen (secondary N) is 1. The van der Waals surface area contributed by atoms with Crippen LogP contribution in [-0.2, 0) is 6.42 Å². The molecule has 0 aromatic heterocycles. The van der Waals surface area contributed by atoms with Crippen LogP contribution >= 0.6 is 31.9 Å². The van der Waals surface area contributed by atoms with Gasteiger partial charge in [-0.2, -0.15) is 0 Å². The molecule has 0 aliphatic heterocycles. The third kappa shape index (κ3) is 4.14. The van der Waals surface area contributed by atoms with E-state index in [0.717, 1.165) is 26.6 Å². The lowest BCUT2D eigenvalue weighted by atomic mass is 9.98. The SMILES string of the molecule is CCNC(Cc1ccccc1F)c1cc(Br)cc(Br)c1. The van der Waals surface area contributed by atoms with E-state index in [9.17, 15) is 4.39 Å². The molecule has 0 bridgehead atoms. The van der Waals surface area contributed by atoms with Crippen LogP contribution in [0.1, 0.15) is 24.1 Å². The summed E-state index contributed by atoms with van der Waals surface area (Å²) in [5.41, 5.74) is 1.87. The Bertz CT molecular complexity index is 566. The lowest BCUT2D eigenvalue weighted by Crippen LogP contribution is -2.23. The number of hydrogen-bond donors (Lipinski definition) is 1. The Morgan fingerprint density at radius 1 is 1.10 bits per heavy atom. The normalized spacial score (nSPS) is 12.4. The number of rotatable bonds is 5. The molecular weight excluding hydrogens is 385 g/mol. The van der Waals surface area contributed by atoms with E-state index in [1.54, 1.807) is 6.07 Å². The maximum atomic E-state index is 13.8. The maximum absolute atomic E-state index is 13.8. The van der Waals surface area contributed by atoms with Crippen molar-refractivity contribution in [2.45, 2.75) is 19.4 Å². The highest BCUT2D eigenvalue weighted by molar-refractivity contribution is 9.11. The van der Waals surface area contributed by atoms with Crippen LogP contribution in [0.3, 0.4) is 0 Å². The Balaban J connectivity index is 2.29. The van der Waals surface area contributed by atoms with Gasteiger partial charge in [0.25, 0.3) is 0 Å². The van der Waals surface area contributed by atoms with Gasteiger partial charge in [-0.15, -0.1) is 0 Å². The molecule has 0 aliphatic rings. The molecule has 0 saturated heterocycles. The van der Waals surface area contributed by atoms with Gasteiger partial charge in [0.15, 0.2) is 0 Å². The maximum Gasteiger partial charge on any atom is 0.126 e. The van der Waals surface area contributed by atoms with Gasteiger partial charge in [-0.05, 0) is 48.4 Å². The lowest BCUT2D eigenvalue weighted by molar-refractivity contribution is 0.527. The third-order valence-electron chi connectivity index (χ3n) is 3.12. The summed E-state index contributed by atoms with van der Waals surface area (Å²) in [5.74, 6) is -0.149. The molecule has 0 aliphatic carbocycles. The summed E-state index contributed by atoms with van der Waals surface area (Å²) in [6, 6.07) is 13.2. The zero-order chi connectivity index (χ0) is 14.5. The molecule has 0 heterocycles. The highest BCUT2D eigenvalue weighted by atomic mass is 79.9. The van der Waals surface area contributed by atoms with Crippen molar-refractivity contribution in [2.24, 2.45) is 0 Å². The minimum atomic E-state index is -0.149. The van der Waals surface area contributed by atoms with E-state index in [2.05, 4.69) is 56.2 Å². The van der Waals surface area contributed by atoms with Crippen molar-refractivity contribution in [3.05, 3.63) is 68.4 Å². The summed E-state index contributed by atoms with van der Waals surface area (Å²) in [7, 11) is 0. The molecule has 106 valence electrons. The van der Waals surface area contributed by atoms with Gasteiger partial charge in [0.2, 0.25) is 0 Å². The topological polar surface area (TPSA) is 12.0 Å². The van der Waals surface area contributed by atoms with Crippen molar-refractivity contribution in [1.29, 1.82) is 0 Å². The van der Waals surface area contributed by atoms with Crippen molar-refractivity contribution in [3.63, 3.8) is 0 Å². The van der Waals surface area contributed by atoms with E-state index >= 15 is 0 Å². The van der Waals surface area contributed by atoms with Crippen LogP contribution in [0.2, 0.25) is 0 Å². The average Bonchev–Trinajstić information content (AvgIpc) is 2.39. The van der Waals surface area contributed by atoms with Crippen LogP contribution in [0.15, 0.2) is 51.4 Å². The highest BCUT2D eigenvalue weighted by Gasteiger charge is 2.14. The smallest absolute Gasteiger partial charge is 0.126 e. The predicted octanol–water partition coefficient (Wildman–Crippen LogP) is 5.24. The summed E-state index contributed by atoms with van der Waals surface area (Å²) < 4.78 is 15.8. The summed E-state index contributed by atoms with van der Waals surface area (Å²) in [6.45, 7) is 2.89. The van der Waals surface area contributed by atoms with Gasteiger partial charge in [0, 0.05) is 15.0 Å². The van der Waals surface area contributed by atoms with Crippen LogP contribution in [0.25, 0.3) is 0 Å². The van der Waals surface area contributed by atoms with Crippen LogP contribution < -0.4 is 5.32 Å². The zero-order valence-corrected chi connectivity index (χ0v) is 14.3. The quantitative estimate of drug-likeness (QED) is 0.723. The number of hydrogen-bond acceptors (Lipinski definition) is 1. The molecule has 2 aromatic rings. The van der Waals surface area contributed by atoms with Crippen molar-refractivity contribution in [1.82, 2.24) is 5.32 Å². The Labute approximate surface area is 135 Å². The summed E-state index contributed by atoms with van der Waals surface area (Å²) in [4.78, 5) is 0. The lowest BCUT2D eigenvalue weighted by Gasteiger charge is -2.19. The monoisotopic (exact) mass is 399 g/mol. The molecule has 0 fully saturated rings. The number of likely N-dealkylation sites (N-methyl/N-ethyl adjacent to an activating group) is 1. The van der Waals surface area contributed by atoms with E-state index in [-0.39, 0.29) is 11.9 Å². The number of benzene rings is 2. The zero-order valence-electron chi connectivity index (χ0n) is 11.2. The van der Waals surface area contributed by atoms with E-state index in [4.69, 9.17) is 0 Å². The fourth-order valence-electron chi connectivity index (χ4n) is 2.21. The van der Waals surface area contributed by atoms with Crippen molar-refractivity contribution < 1.29 is 4.39 Å². The molecule has 1 nitrogen and oxygen atoms in total. The van der Waals surface area contributed by atoms with Crippen molar-refractivity contribution >= 4 is 31.9 Å². The first-order chi connectivity index (χ1) is 9.60. The van der Waals surface area contributed by atoms with Gasteiger partial charge < -0.3 is 5.32 Å². The molecule has 0 spiro atoms.